The van der Waals surface area contributed by atoms with E-state index in [9.17, 15) is 14.4 Å². The van der Waals surface area contributed by atoms with Gasteiger partial charge in [0.25, 0.3) is 5.91 Å². The van der Waals surface area contributed by atoms with Gasteiger partial charge in [-0.25, -0.2) is 0 Å². The molecule has 3 rings (SSSR count). The van der Waals surface area contributed by atoms with Crippen LogP contribution < -0.4 is 4.90 Å². The summed E-state index contributed by atoms with van der Waals surface area (Å²) in [4.78, 5) is 43.2. The molecular weight excluding hydrogens is 521 g/mol. The lowest BCUT2D eigenvalue weighted by atomic mass is 9.96. The highest BCUT2D eigenvalue weighted by molar-refractivity contribution is 6.35. The zero-order valence-electron chi connectivity index (χ0n) is 22.5. The van der Waals surface area contributed by atoms with Crippen LogP contribution in [-0.4, -0.2) is 67.5 Å². The van der Waals surface area contributed by atoms with Crippen LogP contribution in [0.1, 0.15) is 60.2 Å². The molecule has 0 bridgehead atoms. The zero-order chi connectivity index (χ0) is 27.7. The van der Waals surface area contributed by atoms with Gasteiger partial charge in [-0.05, 0) is 30.7 Å². The quantitative estimate of drug-likeness (QED) is 0.284. The van der Waals surface area contributed by atoms with Gasteiger partial charge in [0.1, 0.15) is 5.78 Å². The van der Waals surface area contributed by atoms with Crippen molar-refractivity contribution in [1.29, 1.82) is 0 Å². The Balaban J connectivity index is 1.56. The molecule has 0 radical (unpaired) electrons. The number of benzene rings is 2. The van der Waals surface area contributed by atoms with E-state index in [1.807, 2.05) is 12.1 Å². The van der Waals surface area contributed by atoms with Crippen LogP contribution in [0.3, 0.4) is 0 Å². The predicted molar refractivity (Wildman–Crippen MR) is 155 cm³/mol. The number of allylic oxidation sites excluding steroid dienone is 2. The van der Waals surface area contributed by atoms with E-state index in [-0.39, 0.29) is 24.0 Å². The molecule has 0 spiro atoms. The minimum absolute atomic E-state index is 0.0815. The molecule has 1 atom stereocenters. The third-order valence-electron chi connectivity index (χ3n) is 6.93. The molecule has 1 aliphatic rings. The molecule has 1 heterocycles. The lowest BCUT2D eigenvalue weighted by molar-refractivity contribution is -0.119. The molecule has 2 aromatic rings. The third kappa shape index (κ3) is 8.08. The van der Waals surface area contributed by atoms with Gasteiger partial charge in [-0.1, -0.05) is 67.7 Å². The van der Waals surface area contributed by atoms with Crippen molar-refractivity contribution in [3.63, 3.8) is 0 Å². The van der Waals surface area contributed by atoms with E-state index in [4.69, 9.17) is 23.2 Å². The van der Waals surface area contributed by atoms with Crippen molar-refractivity contribution in [1.82, 2.24) is 9.80 Å². The van der Waals surface area contributed by atoms with Crippen molar-refractivity contribution in [2.45, 2.75) is 39.5 Å². The summed E-state index contributed by atoms with van der Waals surface area (Å²) in [6.07, 6.45) is 5.66. The Bertz CT molecular complexity index is 1140. The molecule has 1 unspecified atom stereocenters. The Hall–Kier alpha value is -2.83. The van der Waals surface area contributed by atoms with Crippen molar-refractivity contribution in [2.75, 3.05) is 44.7 Å². The molecule has 8 heteroatoms. The third-order valence-corrected chi connectivity index (χ3v) is 7.37. The van der Waals surface area contributed by atoms with Gasteiger partial charge >= 0.3 is 0 Å². The van der Waals surface area contributed by atoms with Crippen LogP contribution in [0.2, 0.25) is 10.0 Å². The number of amides is 1. The van der Waals surface area contributed by atoms with Gasteiger partial charge in [-0.15, -0.1) is 0 Å². The van der Waals surface area contributed by atoms with Gasteiger partial charge in [0.15, 0.2) is 6.29 Å². The molecule has 0 aliphatic carbocycles. The van der Waals surface area contributed by atoms with E-state index in [1.54, 1.807) is 37.4 Å². The summed E-state index contributed by atoms with van der Waals surface area (Å²) >= 11 is 12.4. The topological polar surface area (TPSA) is 60.9 Å². The molecule has 1 saturated heterocycles. The van der Waals surface area contributed by atoms with E-state index in [0.717, 1.165) is 44.7 Å². The monoisotopic (exact) mass is 557 g/mol. The second kappa shape index (κ2) is 14.4. The van der Waals surface area contributed by atoms with Crippen LogP contribution in [0, 0.1) is 5.92 Å². The second-order valence-electron chi connectivity index (χ2n) is 9.85. The number of hydrogen-bond acceptors (Lipinski definition) is 5. The number of unbranched alkanes of at least 4 members (excludes halogenated alkanes) is 1. The van der Waals surface area contributed by atoms with Gasteiger partial charge < -0.3 is 14.7 Å². The number of Topliss-reactive ketones (excluding diaryl/α,β-unsaturated/α-hetero) is 1. The Morgan fingerprint density at radius 1 is 1.05 bits per heavy atom. The molecular formula is C30H37Cl2N3O3. The first-order valence-corrected chi connectivity index (χ1v) is 14.0. The number of halogens is 2. The SMILES string of the molecule is CCC/C=C(\C(C)CC(=O)CCN(C)C(=O)c1ccccc1C=O)N1CCN(c2cc(Cl)cc(Cl)c2)CC1. The van der Waals surface area contributed by atoms with Crippen molar-refractivity contribution in [2.24, 2.45) is 5.92 Å². The van der Waals surface area contributed by atoms with Crippen LogP contribution in [-0.2, 0) is 4.79 Å². The molecule has 0 aromatic heterocycles. The lowest BCUT2D eigenvalue weighted by Gasteiger charge is -2.40. The fourth-order valence-electron chi connectivity index (χ4n) is 4.82. The van der Waals surface area contributed by atoms with Crippen molar-refractivity contribution >= 4 is 46.9 Å². The van der Waals surface area contributed by atoms with Gasteiger partial charge in [0, 0.05) is 85.5 Å². The van der Waals surface area contributed by atoms with Gasteiger partial charge in [0.05, 0.1) is 5.56 Å². The molecule has 1 fully saturated rings. The number of hydrogen-bond donors (Lipinski definition) is 0. The Morgan fingerprint density at radius 3 is 2.34 bits per heavy atom. The first-order chi connectivity index (χ1) is 18.2. The summed E-state index contributed by atoms with van der Waals surface area (Å²) in [5.41, 5.74) is 2.95. The molecule has 1 amide bonds. The summed E-state index contributed by atoms with van der Waals surface area (Å²) in [7, 11) is 1.67. The van der Waals surface area contributed by atoms with Crippen molar-refractivity contribution < 1.29 is 14.4 Å². The molecule has 2 aromatic carbocycles. The molecule has 0 saturated carbocycles. The molecule has 204 valence electrons. The van der Waals surface area contributed by atoms with Gasteiger partial charge in [0.2, 0.25) is 0 Å². The maximum Gasteiger partial charge on any atom is 0.254 e. The maximum absolute atomic E-state index is 12.9. The number of rotatable bonds is 12. The standard InChI is InChI=1S/C30H37Cl2N3O3/c1-4-5-10-29(35-15-13-34(14-16-35)26-19-24(31)18-25(32)20-26)22(2)17-27(37)11-12-33(3)30(38)28-9-7-6-8-23(28)21-36/h6-10,18-22H,4-5,11-17H2,1-3H3/b29-10+. The van der Waals surface area contributed by atoms with Crippen molar-refractivity contribution in [3.05, 3.63) is 75.4 Å². The van der Waals surface area contributed by atoms with Crippen LogP contribution in [0.5, 0.6) is 0 Å². The highest BCUT2D eigenvalue weighted by Crippen LogP contribution is 2.28. The first kappa shape index (κ1) is 29.7. The summed E-state index contributed by atoms with van der Waals surface area (Å²) < 4.78 is 0. The Kier molecular flexibility index (Phi) is 11.2. The number of ketones is 1. The largest absolute Gasteiger partial charge is 0.371 e. The smallest absolute Gasteiger partial charge is 0.254 e. The van der Waals surface area contributed by atoms with E-state index >= 15 is 0 Å². The van der Waals surface area contributed by atoms with Crippen LogP contribution in [0.4, 0.5) is 5.69 Å². The van der Waals surface area contributed by atoms with Crippen LogP contribution >= 0.6 is 23.2 Å². The normalized spacial score (nSPS) is 14.8. The number of aldehydes is 1. The summed E-state index contributed by atoms with van der Waals surface area (Å²) in [5.74, 6) is -0.0515. The average Bonchev–Trinajstić information content (AvgIpc) is 2.91. The fourth-order valence-corrected chi connectivity index (χ4v) is 5.34. The second-order valence-corrected chi connectivity index (χ2v) is 10.7. The number of carbonyl (C=O) groups excluding carboxylic acids is 3. The minimum Gasteiger partial charge on any atom is -0.371 e. The Labute approximate surface area is 236 Å². The summed E-state index contributed by atoms with van der Waals surface area (Å²) in [5, 5.41) is 1.26. The number of piperazine rings is 1. The summed E-state index contributed by atoms with van der Waals surface area (Å²) in [6.45, 7) is 7.97. The van der Waals surface area contributed by atoms with E-state index in [2.05, 4.69) is 29.7 Å². The van der Waals surface area contributed by atoms with Gasteiger partial charge in [-0.3, -0.25) is 14.4 Å². The highest BCUT2D eigenvalue weighted by Gasteiger charge is 2.24. The molecule has 6 nitrogen and oxygen atoms in total. The Morgan fingerprint density at radius 2 is 1.71 bits per heavy atom. The highest BCUT2D eigenvalue weighted by atomic mass is 35.5. The van der Waals surface area contributed by atoms with E-state index < -0.39 is 0 Å². The lowest BCUT2D eigenvalue weighted by Crippen LogP contribution is -2.46. The summed E-state index contributed by atoms with van der Waals surface area (Å²) in [6, 6.07) is 12.3. The fraction of sp³-hybridized carbons (Fsp3) is 0.433. The van der Waals surface area contributed by atoms with Crippen LogP contribution in [0.15, 0.2) is 54.2 Å². The molecule has 1 aliphatic heterocycles. The number of anilines is 1. The minimum atomic E-state index is -0.254. The number of nitrogens with zero attached hydrogens (tertiary/aromatic N) is 3. The molecule has 0 N–H and O–H groups in total. The average molecular weight is 559 g/mol. The van der Waals surface area contributed by atoms with E-state index in [0.29, 0.717) is 40.4 Å². The van der Waals surface area contributed by atoms with Crippen molar-refractivity contribution in [3.8, 4) is 0 Å². The number of carbonyl (C=O) groups is 3. The van der Waals surface area contributed by atoms with Gasteiger partial charge in [-0.2, -0.15) is 0 Å². The van der Waals surface area contributed by atoms with E-state index in [1.165, 1.54) is 10.6 Å². The maximum atomic E-state index is 12.9. The zero-order valence-corrected chi connectivity index (χ0v) is 24.0. The first-order valence-electron chi connectivity index (χ1n) is 13.2. The predicted octanol–water partition coefficient (Wildman–Crippen LogP) is 6.37. The molecule has 38 heavy (non-hydrogen) atoms. The van der Waals surface area contributed by atoms with Crippen LogP contribution in [0.25, 0.3) is 0 Å².